The number of rotatable bonds is 6. The summed E-state index contributed by atoms with van der Waals surface area (Å²) in [6, 6.07) is 31.0. The number of likely N-dealkylation sites (tertiary alicyclic amines) is 1. The average Bonchev–Trinajstić information content (AvgIpc) is 3.22. The fourth-order valence-corrected chi connectivity index (χ4v) is 5.25. The molecular formula is C28H28N4O. The molecular weight excluding hydrogens is 408 g/mol. The van der Waals surface area contributed by atoms with E-state index in [1.165, 1.54) is 0 Å². The lowest BCUT2D eigenvalue weighted by Crippen LogP contribution is -2.40. The maximum absolute atomic E-state index is 12.6. The Morgan fingerprint density at radius 1 is 0.879 bits per heavy atom. The minimum atomic E-state index is -0.673. The summed E-state index contributed by atoms with van der Waals surface area (Å²) < 4.78 is 1.93. The number of hydrogen-bond acceptors (Lipinski definition) is 3. The van der Waals surface area contributed by atoms with Gasteiger partial charge < -0.3 is 9.88 Å². The third kappa shape index (κ3) is 3.99. The molecule has 1 aliphatic rings. The van der Waals surface area contributed by atoms with Crippen LogP contribution in [0.1, 0.15) is 36.4 Å². The molecule has 1 aromatic heterocycles. The molecule has 1 N–H and O–H groups in total. The van der Waals surface area contributed by atoms with Gasteiger partial charge in [-0.3, -0.25) is 4.57 Å². The predicted molar refractivity (Wildman–Crippen MR) is 131 cm³/mol. The van der Waals surface area contributed by atoms with E-state index in [9.17, 15) is 10.1 Å². The smallest absolute Gasteiger partial charge is 0.306 e. The Balaban J connectivity index is 1.32. The van der Waals surface area contributed by atoms with Crippen LogP contribution in [0.2, 0.25) is 0 Å². The molecule has 0 spiro atoms. The number of aromatic nitrogens is 2. The molecule has 2 heterocycles. The molecule has 166 valence electrons. The number of nitrogens with zero attached hydrogens (tertiary/aromatic N) is 3. The van der Waals surface area contributed by atoms with Crippen LogP contribution in [0.3, 0.4) is 0 Å². The highest BCUT2D eigenvalue weighted by molar-refractivity contribution is 5.75. The highest BCUT2D eigenvalue weighted by Gasteiger charge is 2.35. The Bertz CT molecular complexity index is 1270. The zero-order chi connectivity index (χ0) is 22.7. The van der Waals surface area contributed by atoms with E-state index >= 15 is 0 Å². The summed E-state index contributed by atoms with van der Waals surface area (Å²) in [6.45, 7) is 2.68. The summed E-state index contributed by atoms with van der Waals surface area (Å²) in [5, 5.41) is 10.4. The Hall–Kier alpha value is -3.62. The highest BCUT2D eigenvalue weighted by Crippen LogP contribution is 2.36. The molecule has 3 aromatic carbocycles. The van der Waals surface area contributed by atoms with E-state index in [-0.39, 0.29) is 11.7 Å². The largest absolute Gasteiger partial charge is 0.326 e. The lowest BCUT2D eigenvalue weighted by atomic mass is 9.73. The molecule has 0 saturated carbocycles. The molecule has 5 heteroatoms. The minimum Gasteiger partial charge on any atom is -0.306 e. The number of benzene rings is 3. The molecule has 0 radical (unpaired) electrons. The van der Waals surface area contributed by atoms with Crippen molar-refractivity contribution >= 4 is 11.0 Å². The lowest BCUT2D eigenvalue weighted by Gasteiger charge is -2.35. The number of nitriles is 1. The van der Waals surface area contributed by atoms with Crippen LogP contribution in [0.15, 0.2) is 89.7 Å². The van der Waals surface area contributed by atoms with Crippen molar-refractivity contribution in [2.75, 3.05) is 19.6 Å². The highest BCUT2D eigenvalue weighted by atomic mass is 16.1. The van der Waals surface area contributed by atoms with Crippen LogP contribution in [-0.4, -0.2) is 34.1 Å². The van der Waals surface area contributed by atoms with Gasteiger partial charge in [0, 0.05) is 25.7 Å². The summed E-state index contributed by atoms with van der Waals surface area (Å²) in [6.07, 6.45) is 2.59. The van der Waals surface area contributed by atoms with Gasteiger partial charge in [0.15, 0.2) is 0 Å². The van der Waals surface area contributed by atoms with Gasteiger partial charge in [0.1, 0.15) is 5.41 Å². The molecule has 0 unspecified atom stereocenters. The maximum Gasteiger partial charge on any atom is 0.326 e. The molecule has 33 heavy (non-hydrogen) atoms. The van der Waals surface area contributed by atoms with Gasteiger partial charge in [-0.05, 0) is 42.5 Å². The third-order valence-corrected chi connectivity index (χ3v) is 7.07. The number of H-pyrrole nitrogens is 1. The standard InChI is InChI=1S/C28H28N4O/c29-21-28(22-9-3-1-4-10-22,23-11-5-2-6-12-23)17-20-31-18-15-24(16-19-31)32-26-14-8-7-13-25(26)30-27(32)33/h1-14,24H,15-20H2,(H,30,33). The summed E-state index contributed by atoms with van der Waals surface area (Å²) in [4.78, 5) is 18.0. The van der Waals surface area contributed by atoms with Crippen molar-refractivity contribution in [1.82, 2.24) is 14.5 Å². The van der Waals surface area contributed by atoms with Gasteiger partial charge in [-0.2, -0.15) is 5.26 Å². The van der Waals surface area contributed by atoms with Crippen molar-refractivity contribution in [3.63, 3.8) is 0 Å². The van der Waals surface area contributed by atoms with E-state index < -0.39 is 5.41 Å². The molecule has 5 nitrogen and oxygen atoms in total. The molecule has 0 bridgehead atoms. The van der Waals surface area contributed by atoms with Crippen molar-refractivity contribution in [3.05, 3.63) is 107 Å². The van der Waals surface area contributed by atoms with E-state index in [1.54, 1.807) is 0 Å². The Labute approximate surface area is 193 Å². The zero-order valence-electron chi connectivity index (χ0n) is 18.7. The van der Waals surface area contributed by atoms with Gasteiger partial charge in [0.05, 0.1) is 17.1 Å². The van der Waals surface area contributed by atoms with E-state index in [0.717, 1.165) is 61.1 Å². The van der Waals surface area contributed by atoms with Crippen LogP contribution in [0.4, 0.5) is 0 Å². The number of nitrogens with one attached hydrogen (secondary N) is 1. The SMILES string of the molecule is N#CC(CCN1CCC(n2c(=O)[nH]c3ccccc32)CC1)(c1ccccc1)c1ccccc1. The second-order valence-electron chi connectivity index (χ2n) is 8.89. The number of para-hydroxylation sites is 2. The van der Waals surface area contributed by atoms with Gasteiger partial charge >= 0.3 is 5.69 Å². The van der Waals surface area contributed by atoms with Gasteiger partial charge in [0.2, 0.25) is 0 Å². The Morgan fingerprint density at radius 3 is 2.06 bits per heavy atom. The first-order valence-corrected chi connectivity index (χ1v) is 11.7. The molecule has 1 aliphatic heterocycles. The topological polar surface area (TPSA) is 64.8 Å². The summed E-state index contributed by atoms with van der Waals surface area (Å²) in [7, 11) is 0. The average molecular weight is 437 g/mol. The zero-order valence-corrected chi connectivity index (χ0v) is 18.7. The van der Waals surface area contributed by atoms with Crippen molar-refractivity contribution in [1.29, 1.82) is 5.26 Å². The first-order valence-electron chi connectivity index (χ1n) is 11.7. The van der Waals surface area contributed by atoms with Crippen LogP contribution in [0, 0.1) is 11.3 Å². The Morgan fingerprint density at radius 2 is 1.45 bits per heavy atom. The maximum atomic E-state index is 12.6. The van der Waals surface area contributed by atoms with E-state index in [1.807, 2.05) is 65.2 Å². The van der Waals surface area contributed by atoms with Crippen molar-refractivity contribution in [2.45, 2.75) is 30.7 Å². The number of piperidine rings is 1. The molecule has 1 saturated heterocycles. The van der Waals surface area contributed by atoms with E-state index in [4.69, 9.17) is 0 Å². The Kier molecular flexibility index (Phi) is 5.85. The van der Waals surface area contributed by atoms with Gasteiger partial charge in [-0.25, -0.2) is 4.79 Å². The van der Waals surface area contributed by atoms with Crippen molar-refractivity contribution < 1.29 is 0 Å². The summed E-state index contributed by atoms with van der Waals surface area (Å²) in [5.74, 6) is 0. The van der Waals surface area contributed by atoms with Crippen molar-refractivity contribution in [3.8, 4) is 6.07 Å². The fraction of sp³-hybridized carbons (Fsp3) is 0.286. The van der Waals surface area contributed by atoms with Crippen molar-refractivity contribution in [2.24, 2.45) is 0 Å². The predicted octanol–water partition coefficient (Wildman–Crippen LogP) is 4.87. The minimum absolute atomic E-state index is 0.0219. The number of fused-ring (bicyclic) bond motifs is 1. The van der Waals surface area contributed by atoms with E-state index in [2.05, 4.69) is 40.2 Å². The van der Waals surface area contributed by atoms with Crippen LogP contribution in [0.25, 0.3) is 11.0 Å². The van der Waals surface area contributed by atoms with Crippen LogP contribution >= 0.6 is 0 Å². The molecule has 5 rings (SSSR count). The molecule has 1 fully saturated rings. The second-order valence-corrected chi connectivity index (χ2v) is 8.89. The molecule has 4 aromatic rings. The van der Waals surface area contributed by atoms with Gasteiger partial charge in [0.25, 0.3) is 0 Å². The molecule has 0 aliphatic carbocycles. The first kappa shape index (κ1) is 21.2. The van der Waals surface area contributed by atoms with Gasteiger partial charge in [-0.15, -0.1) is 0 Å². The third-order valence-electron chi connectivity index (χ3n) is 7.07. The number of hydrogen-bond donors (Lipinski definition) is 1. The van der Waals surface area contributed by atoms with Gasteiger partial charge in [-0.1, -0.05) is 72.8 Å². The normalized spacial score (nSPS) is 15.5. The second kappa shape index (κ2) is 9.09. The summed E-state index contributed by atoms with van der Waals surface area (Å²) >= 11 is 0. The lowest BCUT2D eigenvalue weighted by molar-refractivity contribution is 0.179. The number of aromatic amines is 1. The number of imidazole rings is 1. The van der Waals surface area contributed by atoms with Crippen LogP contribution in [0.5, 0.6) is 0 Å². The van der Waals surface area contributed by atoms with E-state index in [0.29, 0.717) is 0 Å². The first-order chi connectivity index (χ1) is 16.2. The summed E-state index contributed by atoms with van der Waals surface area (Å²) in [5.41, 5.74) is 3.27. The fourth-order valence-electron chi connectivity index (χ4n) is 5.25. The monoisotopic (exact) mass is 436 g/mol. The molecule has 0 amide bonds. The molecule has 0 atom stereocenters. The van der Waals surface area contributed by atoms with Crippen LogP contribution in [-0.2, 0) is 5.41 Å². The quantitative estimate of drug-likeness (QED) is 0.469. The van der Waals surface area contributed by atoms with Crippen LogP contribution < -0.4 is 5.69 Å².